The number of nitrogens with zero attached hydrogens (tertiary/aromatic N) is 1. The van der Waals surface area contributed by atoms with Crippen molar-refractivity contribution in [3.63, 3.8) is 0 Å². The summed E-state index contributed by atoms with van der Waals surface area (Å²) in [5.74, 6) is -1.03. The minimum absolute atomic E-state index is 0.450. The zero-order valence-corrected chi connectivity index (χ0v) is 8.65. The summed E-state index contributed by atoms with van der Waals surface area (Å²) in [4.78, 5) is 10.3. The summed E-state index contributed by atoms with van der Waals surface area (Å²) in [5, 5.41) is 17.2. The Morgan fingerprint density at radius 2 is 2.29 bits per heavy atom. The number of carboxylic acid groups (broad SMARTS) is 1. The van der Waals surface area contributed by atoms with E-state index in [1.807, 2.05) is 6.07 Å². The fourth-order valence-corrected chi connectivity index (χ4v) is 1.31. The van der Waals surface area contributed by atoms with Crippen LogP contribution in [0.25, 0.3) is 6.08 Å². The standard InChI is InChI=1S/C10H6BrNO2/c11-9-3-1-8(6-12)7(5-9)2-4-10(13)14/h1-5H,(H,13,14)/b4-2+. The third-order valence-electron chi connectivity index (χ3n) is 1.54. The van der Waals surface area contributed by atoms with Crippen LogP contribution in [0.4, 0.5) is 0 Å². The van der Waals surface area contributed by atoms with Gasteiger partial charge in [-0.25, -0.2) is 4.79 Å². The van der Waals surface area contributed by atoms with Gasteiger partial charge in [-0.2, -0.15) is 5.26 Å². The summed E-state index contributed by atoms with van der Waals surface area (Å²) in [5.41, 5.74) is 1.04. The second kappa shape index (κ2) is 4.58. The summed E-state index contributed by atoms with van der Waals surface area (Å²) in [6.07, 6.45) is 2.40. The topological polar surface area (TPSA) is 61.1 Å². The number of rotatable bonds is 2. The van der Waals surface area contributed by atoms with E-state index < -0.39 is 5.97 Å². The molecule has 70 valence electrons. The highest BCUT2D eigenvalue weighted by Gasteiger charge is 1.99. The van der Waals surface area contributed by atoms with Crippen LogP contribution in [-0.4, -0.2) is 11.1 Å². The molecule has 0 fully saturated rings. The van der Waals surface area contributed by atoms with Crippen molar-refractivity contribution in [2.24, 2.45) is 0 Å². The quantitative estimate of drug-likeness (QED) is 0.822. The van der Waals surface area contributed by atoms with Gasteiger partial charge in [-0.15, -0.1) is 0 Å². The number of hydrogen-bond donors (Lipinski definition) is 1. The molecular formula is C10H6BrNO2. The molecule has 0 saturated carbocycles. The van der Waals surface area contributed by atoms with Gasteiger partial charge in [-0.3, -0.25) is 0 Å². The lowest BCUT2D eigenvalue weighted by Crippen LogP contribution is -1.87. The average Bonchev–Trinajstić information content (AvgIpc) is 2.15. The van der Waals surface area contributed by atoms with Gasteiger partial charge in [0.1, 0.15) is 0 Å². The lowest BCUT2D eigenvalue weighted by Gasteiger charge is -1.97. The fraction of sp³-hybridized carbons (Fsp3) is 0. The molecule has 0 bridgehead atoms. The Kier molecular flexibility index (Phi) is 3.43. The van der Waals surface area contributed by atoms with Crippen molar-refractivity contribution in [2.45, 2.75) is 0 Å². The van der Waals surface area contributed by atoms with Gasteiger partial charge in [0.25, 0.3) is 0 Å². The van der Waals surface area contributed by atoms with Gasteiger partial charge in [0.15, 0.2) is 0 Å². The van der Waals surface area contributed by atoms with Crippen LogP contribution in [0.2, 0.25) is 0 Å². The van der Waals surface area contributed by atoms with Gasteiger partial charge in [0, 0.05) is 10.5 Å². The molecular weight excluding hydrogens is 246 g/mol. The molecule has 0 radical (unpaired) electrons. The van der Waals surface area contributed by atoms with Crippen LogP contribution >= 0.6 is 15.9 Å². The van der Waals surface area contributed by atoms with Gasteiger partial charge in [0.05, 0.1) is 11.6 Å². The van der Waals surface area contributed by atoms with Crippen molar-refractivity contribution in [3.05, 3.63) is 39.9 Å². The molecule has 0 heterocycles. The highest BCUT2D eigenvalue weighted by Crippen LogP contribution is 2.17. The lowest BCUT2D eigenvalue weighted by molar-refractivity contribution is -0.131. The number of halogens is 1. The van der Waals surface area contributed by atoms with E-state index in [2.05, 4.69) is 15.9 Å². The van der Waals surface area contributed by atoms with Gasteiger partial charge >= 0.3 is 5.97 Å². The van der Waals surface area contributed by atoms with Gasteiger partial charge in [0.2, 0.25) is 0 Å². The molecule has 0 amide bonds. The molecule has 1 aromatic rings. The maximum absolute atomic E-state index is 10.3. The van der Waals surface area contributed by atoms with Crippen molar-refractivity contribution in [1.82, 2.24) is 0 Å². The molecule has 1 rings (SSSR count). The first kappa shape index (κ1) is 10.5. The average molecular weight is 252 g/mol. The van der Waals surface area contributed by atoms with E-state index in [0.717, 1.165) is 10.5 Å². The second-order valence-electron chi connectivity index (χ2n) is 2.51. The third-order valence-corrected chi connectivity index (χ3v) is 2.03. The van der Waals surface area contributed by atoms with Crippen LogP contribution in [0.5, 0.6) is 0 Å². The highest BCUT2D eigenvalue weighted by molar-refractivity contribution is 9.10. The Balaban J connectivity index is 3.13. The number of benzene rings is 1. The predicted octanol–water partition coefficient (Wildman–Crippen LogP) is 2.42. The van der Waals surface area contributed by atoms with E-state index in [4.69, 9.17) is 10.4 Å². The minimum atomic E-state index is -1.03. The summed E-state index contributed by atoms with van der Waals surface area (Å²) in [7, 11) is 0. The molecule has 0 aliphatic heterocycles. The van der Waals surface area contributed by atoms with E-state index in [1.54, 1.807) is 18.2 Å². The maximum atomic E-state index is 10.3. The Bertz CT molecular complexity index is 432. The molecule has 0 saturated heterocycles. The first-order chi connectivity index (χ1) is 6.63. The van der Waals surface area contributed by atoms with Crippen molar-refractivity contribution >= 4 is 28.0 Å². The van der Waals surface area contributed by atoms with Crippen molar-refractivity contribution in [1.29, 1.82) is 5.26 Å². The second-order valence-corrected chi connectivity index (χ2v) is 3.43. The SMILES string of the molecule is N#Cc1ccc(Br)cc1/C=C/C(=O)O. The Morgan fingerprint density at radius 3 is 2.86 bits per heavy atom. The summed E-state index contributed by atoms with van der Waals surface area (Å²) < 4.78 is 0.807. The Labute approximate surface area is 89.4 Å². The number of carbonyl (C=O) groups is 1. The van der Waals surface area contributed by atoms with Crippen molar-refractivity contribution < 1.29 is 9.90 Å². The minimum Gasteiger partial charge on any atom is -0.478 e. The van der Waals surface area contributed by atoms with Crippen LogP contribution in [0.3, 0.4) is 0 Å². The molecule has 4 heteroatoms. The normalized spacial score (nSPS) is 10.0. The van der Waals surface area contributed by atoms with Crippen molar-refractivity contribution in [2.75, 3.05) is 0 Å². The molecule has 14 heavy (non-hydrogen) atoms. The number of nitriles is 1. The number of carboxylic acids is 1. The molecule has 0 spiro atoms. The monoisotopic (exact) mass is 251 g/mol. The lowest BCUT2D eigenvalue weighted by atomic mass is 10.1. The molecule has 0 aromatic heterocycles. The molecule has 1 aromatic carbocycles. The van der Waals surface area contributed by atoms with E-state index in [-0.39, 0.29) is 0 Å². The van der Waals surface area contributed by atoms with E-state index in [1.165, 1.54) is 6.08 Å². The maximum Gasteiger partial charge on any atom is 0.328 e. The first-order valence-electron chi connectivity index (χ1n) is 3.74. The van der Waals surface area contributed by atoms with Crippen molar-refractivity contribution in [3.8, 4) is 6.07 Å². The predicted molar refractivity (Wildman–Crippen MR) is 55.5 cm³/mol. The van der Waals surface area contributed by atoms with E-state index in [9.17, 15) is 4.79 Å². The Hall–Kier alpha value is -1.60. The zero-order chi connectivity index (χ0) is 10.6. The highest BCUT2D eigenvalue weighted by atomic mass is 79.9. The molecule has 3 nitrogen and oxygen atoms in total. The molecule has 0 unspecified atom stereocenters. The zero-order valence-electron chi connectivity index (χ0n) is 7.07. The van der Waals surface area contributed by atoms with Gasteiger partial charge in [-0.05, 0) is 29.8 Å². The van der Waals surface area contributed by atoms with E-state index in [0.29, 0.717) is 11.1 Å². The van der Waals surface area contributed by atoms with Crippen LogP contribution in [0.1, 0.15) is 11.1 Å². The van der Waals surface area contributed by atoms with E-state index >= 15 is 0 Å². The fourth-order valence-electron chi connectivity index (χ4n) is 0.934. The molecule has 0 aliphatic carbocycles. The van der Waals surface area contributed by atoms with Gasteiger partial charge in [-0.1, -0.05) is 15.9 Å². The van der Waals surface area contributed by atoms with Crippen LogP contribution in [0.15, 0.2) is 28.7 Å². The summed E-state index contributed by atoms with van der Waals surface area (Å²) in [6, 6.07) is 7.04. The Morgan fingerprint density at radius 1 is 1.57 bits per heavy atom. The summed E-state index contributed by atoms with van der Waals surface area (Å²) >= 11 is 3.24. The largest absolute Gasteiger partial charge is 0.478 e. The smallest absolute Gasteiger partial charge is 0.328 e. The molecule has 0 atom stereocenters. The molecule has 1 N–H and O–H groups in total. The first-order valence-corrected chi connectivity index (χ1v) is 4.53. The van der Waals surface area contributed by atoms with Gasteiger partial charge < -0.3 is 5.11 Å². The third kappa shape index (κ3) is 2.71. The number of aliphatic carboxylic acids is 1. The summed E-state index contributed by atoms with van der Waals surface area (Å²) in [6.45, 7) is 0. The van der Waals surface area contributed by atoms with Crippen LogP contribution in [0, 0.1) is 11.3 Å². The van der Waals surface area contributed by atoms with Crippen LogP contribution in [-0.2, 0) is 4.79 Å². The number of hydrogen-bond acceptors (Lipinski definition) is 2. The van der Waals surface area contributed by atoms with Crippen LogP contribution < -0.4 is 0 Å². The molecule has 0 aliphatic rings.